The van der Waals surface area contributed by atoms with Gasteiger partial charge in [-0.1, -0.05) is 15.9 Å². The molecule has 3 heterocycles. The third-order valence-electron chi connectivity index (χ3n) is 3.91. The molecule has 7 heteroatoms. The van der Waals surface area contributed by atoms with E-state index in [2.05, 4.69) is 35.8 Å². The fourth-order valence-corrected chi connectivity index (χ4v) is 2.97. The molecule has 1 saturated heterocycles. The second kappa shape index (κ2) is 5.82. The highest BCUT2D eigenvalue weighted by Crippen LogP contribution is 2.31. The average Bonchev–Trinajstić information content (AvgIpc) is 2.54. The van der Waals surface area contributed by atoms with E-state index >= 15 is 0 Å². The fraction of sp³-hybridized carbons (Fsp3) is 0.250. The van der Waals surface area contributed by atoms with Crippen molar-refractivity contribution < 1.29 is 4.74 Å². The van der Waals surface area contributed by atoms with Crippen molar-refractivity contribution in [1.82, 2.24) is 19.9 Å². The maximum absolute atomic E-state index is 5.37. The van der Waals surface area contributed by atoms with Crippen molar-refractivity contribution >= 4 is 32.7 Å². The second-order valence-electron chi connectivity index (χ2n) is 5.39. The highest BCUT2D eigenvalue weighted by molar-refractivity contribution is 9.10. The lowest BCUT2D eigenvalue weighted by Crippen LogP contribution is -2.52. The number of benzene rings is 1. The van der Waals surface area contributed by atoms with Crippen LogP contribution in [0.25, 0.3) is 22.4 Å². The van der Waals surface area contributed by atoms with Crippen molar-refractivity contribution in [3.05, 3.63) is 41.3 Å². The standard InChI is InChI=1S/C16H14BrN5O/c1-23-11-8-22(9-11)16-12-3-2-10(17)6-13(12)20-15(21-16)14-7-18-4-5-19-14/h2-7,11H,8-9H2,1H3. The highest BCUT2D eigenvalue weighted by Gasteiger charge is 2.29. The summed E-state index contributed by atoms with van der Waals surface area (Å²) in [7, 11) is 1.74. The molecule has 0 aliphatic carbocycles. The number of fused-ring (bicyclic) bond motifs is 1. The summed E-state index contributed by atoms with van der Waals surface area (Å²) in [6.45, 7) is 1.66. The van der Waals surface area contributed by atoms with E-state index < -0.39 is 0 Å². The van der Waals surface area contributed by atoms with Crippen molar-refractivity contribution in [3.63, 3.8) is 0 Å². The maximum Gasteiger partial charge on any atom is 0.182 e. The Morgan fingerprint density at radius 3 is 2.83 bits per heavy atom. The van der Waals surface area contributed by atoms with E-state index in [0.29, 0.717) is 11.5 Å². The van der Waals surface area contributed by atoms with Crippen LogP contribution in [0, 0.1) is 0 Å². The van der Waals surface area contributed by atoms with E-state index in [4.69, 9.17) is 9.72 Å². The number of halogens is 1. The van der Waals surface area contributed by atoms with Crippen molar-refractivity contribution in [3.8, 4) is 11.5 Å². The number of rotatable bonds is 3. The van der Waals surface area contributed by atoms with Gasteiger partial charge in [-0.25, -0.2) is 15.0 Å². The molecule has 116 valence electrons. The molecule has 6 nitrogen and oxygen atoms in total. The van der Waals surface area contributed by atoms with E-state index in [0.717, 1.165) is 34.3 Å². The number of methoxy groups -OCH3 is 1. The molecule has 0 saturated carbocycles. The van der Waals surface area contributed by atoms with Crippen LogP contribution in [0.5, 0.6) is 0 Å². The molecule has 23 heavy (non-hydrogen) atoms. The number of hydrogen-bond donors (Lipinski definition) is 0. The summed E-state index contributed by atoms with van der Waals surface area (Å²) < 4.78 is 6.35. The van der Waals surface area contributed by atoms with Gasteiger partial charge in [0.25, 0.3) is 0 Å². The zero-order chi connectivity index (χ0) is 15.8. The Morgan fingerprint density at radius 1 is 1.22 bits per heavy atom. The summed E-state index contributed by atoms with van der Waals surface area (Å²) in [4.78, 5) is 20.0. The number of ether oxygens (including phenoxy) is 1. The van der Waals surface area contributed by atoms with Gasteiger partial charge >= 0.3 is 0 Å². The minimum absolute atomic E-state index is 0.260. The fourth-order valence-electron chi connectivity index (χ4n) is 2.62. The largest absolute Gasteiger partial charge is 0.378 e. The van der Waals surface area contributed by atoms with Crippen LogP contribution in [0.1, 0.15) is 0 Å². The van der Waals surface area contributed by atoms with Crippen LogP contribution < -0.4 is 4.90 Å². The molecule has 1 aliphatic rings. The summed E-state index contributed by atoms with van der Waals surface area (Å²) in [6, 6.07) is 6.04. The van der Waals surface area contributed by atoms with Crippen LogP contribution in [0.3, 0.4) is 0 Å². The molecule has 0 bridgehead atoms. The zero-order valence-corrected chi connectivity index (χ0v) is 14.1. The SMILES string of the molecule is COC1CN(c2nc(-c3cnccn3)nc3cc(Br)ccc23)C1. The molecule has 0 amide bonds. The first-order chi connectivity index (χ1) is 11.2. The zero-order valence-electron chi connectivity index (χ0n) is 12.5. The molecule has 2 aromatic heterocycles. The molecule has 3 aromatic rings. The van der Waals surface area contributed by atoms with Gasteiger partial charge in [0.2, 0.25) is 0 Å². The Morgan fingerprint density at radius 2 is 2.09 bits per heavy atom. The number of anilines is 1. The molecular weight excluding hydrogens is 358 g/mol. The number of nitrogens with zero attached hydrogens (tertiary/aromatic N) is 5. The van der Waals surface area contributed by atoms with E-state index in [1.807, 2.05) is 18.2 Å². The van der Waals surface area contributed by atoms with Crippen molar-refractivity contribution in [2.45, 2.75) is 6.10 Å². The first-order valence-corrected chi connectivity index (χ1v) is 8.05. The van der Waals surface area contributed by atoms with E-state index in [-0.39, 0.29) is 6.10 Å². The van der Waals surface area contributed by atoms with Gasteiger partial charge in [0.1, 0.15) is 11.5 Å². The molecule has 0 unspecified atom stereocenters. The minimum Gasteiger partial charge on any atom is -0.378 e. The number of hydrogen-bond acceptors (Lipinski definition) is 6. The van der Waals surface area contributed by atoms with Gasteiger partial charge in [-0.2, -0.15) is 0 Å². The smallest absolute Gasteiger partial charge is 0.182 e. The van der Waals surface area contributed by atoms with E-state index in [1.165, 1.54) is 0 Å². The summed E-state index contributed by atoms with van der Waals surface area (Å²) in [5.41, 5.74) is 1.55. The van der Waals surface area contributed by atoms with Crippen molar-refractivity contribution in [1.29, 1.82) is 0 Å². The lowest BCUT2D eigenvalue weighted by Gasteiger charge is -2.39. The first-order valence-electron chi connectivity index (χ1n) is 7.26. The van der Waals surface area contributed by atoms with Gasteiger partial charge in [0.15, 0.2) is 5.82 Å². The predicted molar refractivity (Wildman–Crippen MR) is 91.3 cm³/mol. The van der Waals surface area contributed by atoms with Gasteiger partial charge in [-0.3, -0.25) is 4.98 Å². The summed E-state index contributed by atoms with van der Waals surface area (Å²) in [5.74, 6) is 1.50. The molecule has 1 aromatic carbocycles. The molecule has 0 atom stereocenters. The Balaban J connectivity index is 1.86. The topological polar surface area (TPSA) is 64.0 Å². The molecule has 1 fully saturated rings. The lowest BCUT2D eigenvalue weighted by atomic mass is 10.1. The first kappa shape index (κ1) is 14.5. The van der Waals surface area contributed by atoms with Gasteiger partial charge in [0, 0.05) is 42.5 Å². The summed E-state index contributed by atoms with van der Waals surface area (Å²) >= 11 is 3.50. The molecule has 0 spiro atoms. The third-order valence-corrected chi connectivity index (χ3v) is 4.41. The van der Waals surface area contributed by atoms with Crippen LogP contribution >= 0.6 is 15.9 Å². The van der Waals surface area contributed by atoms with Gasteiger partial charge in [-0.15, -0.1) is 0 Å². The molecule has 0 radical (unpaired) electrons. The van der Waals surface area contributed by atoms with Crippen molar-refractivity contribution in [2.75, 3.05) is 25.1 Å². The van der Waals surface area contributed by atoms with Crippen molar-refractivity contribution in [2.24, 2.45) is 0 Å². The van der Waals surface area contributed by atoms with Crippen LogP contribution in [0.15, 0.2) is 41.3 Å². The maximum atomic E-state index is 5.37. The minimum atomic E-state index is 0.260. The van der Waals surface area contributed by atoms with Gasteiger partial charge < -0.3 is 9.64 Å². The summed E-state index contributed by atoms with van der Waals surface area (Å²) in [5, 5.41) is 1.02. The molecule has 4 rings (SSSR count). The lowest BCUT2D eigenvalue weighted by molar-refractivity contribution is 0.0785. The molecule has 1 aliphatic heterocycles. The number of aromatic nitrogens is 4. The quantitative estimate of drug-likeness (QED) is 0.705. The monoisotopic (exact) mass is 371 g/mol. The van der Waals surface area contributed by atoms with E-state index in [9.17, 15) is 0 Å². The van der Waals surface area contributed by atoms with Gasteiger partial charge in [-0.05, 0) is 18.2 Å². The molecule has 0 N–H and O–H groups in total. The second-order valence-corrected chi connectivity index (χ2v) is 6.30. The molecular formula is C16H14BrN5O. The summed E-state index contributed by atoms with van der Waals surface area (Å²) in [6.07, 6.45) is 5.22. The van der Waals surface area contributed by atoms with Crippen LogP contribution in [-0.4, -0.2) is 46.2 Å². The average molecular weight is 372 g/mol. The Kier molecular flexibility index (Phi) is 3.66. The highest BCUT2D eigenvalue weighted by atomic mass is 79.9. The predicted octanol–water partition coefficient (Wildman–Crippen LogP) is 2.68. The normalized spacial score (nSPS) is 15.0. The Labute approximate surface area is 141 Å². The third kappa shape index (κ3) is 2.66. The Bertz CT molecular complexity index is 852. The van der Waals surface area contributed by atoms with Crippen LogP contribution in [0.2, 0.25) is 0 Å². The van der Waals surface area contributed by atoms with Crippen LogP contribution in [-0.2, 0) is 4.74 Å². The van der Waals surface area contributed by atoms with Crippen LogP contribution in [0.4, 0.5) is 5.82 Å². The Hall–Kier alpha value is -2.12. The van der Waals surface area contributed by atoms with E-state index in [1.54, 1.807) is 25.7 Å². The van der Waals surface area contributed by atoms with Gasteiger partial charge in [0.05, 0.1) is 17.8 Å².